The fourth-order valence-corrected chi connectivity index (χ4v) is 0.969. The van der Waals surface area contributed by atoms with E-state index < -0.39 is 23.0 Å². The number of rotatable bonds is 5. The van der Waals surface area contributed by atoms with E-state index >= 15 is 0 Å². The van der Waals surface area contributed by atoms with Gasteiger partial charge in [-0.3, -0.25) is 9.59 Å². The van der Waals surface area contributed by atoms with Crippen molar-refractivity contribution in [3.05, 3.63) is 0 Å². The molecule has 0 aliphatic carbocycles. The number of carbonyl (C=O) groups excluding carboxylic acids is 2. The summed E-state index contributed by atoms with van der Waals surface area (Å²) >= 11 is 0. The first-order valence-electron chi connectivity index (χ1n) is 5.72. The van der Waals surface area contributed by atoms with E-state index in [9.17, 15) is 9.59 Å². The van der Waals surface area contributed by atoms with Crippen molar-refractivity contribution in [2.24, 2.45) is 11.1 Å². The molecular formula is C12H24N2O3. The van der Waals surface area contributed by atoms with Gasteiger partial charge in [-0.15, -0.1) is 0 Å². The number of nitrogens with two attached hydrogens (primary N) is 1. The molecule has 0 aromatic heterocycles. The Kier molecular flexibility index (Phi) is 5.13. The van der Waals surface area contributed by atoms with Gasteiger partial charge in [0.2, 0.25) is 5.91 Å². The van der Waals surface area contributed by atoms with Crippen molar-refractivity contribution in [2.45, 2.75) is 53.2 Å². The van der Waals surface area contributed by atoms with Crippen LogP contribution in [0.2, 0.25) is 0 Å². The van der Waals surface area contributed by atoms with E-state index in [1.807, 2.05) is 20.8 Å². The first-order chi connectivity index (χ1) is 7.46. The van der Waals surface area contributed by atoms with Crippen molar-refractivity contribution in [2.75, 3.05) is 6.54 Å². The predicted molar refractivity (Wildman–Crippen MR) is 66.3 cm³/mol. The van der Waals surface area contributed by atoms with E-state index in [4.69, 9.17) is 10.5 Å². The maximum atomic E-state index is 11.6. The highest BCUT2D eigenvalue weighted by atomic mass is 16.6. The van der Waals surface area contributed by atoms with Crippen LogP contribution in [0.4, 0.5) is 0 Å². The molecule has 0 aliphatic rings. The van der Waals surface area contributed by atoms with Crippen LogP contribution in [0.5, 0.6) is 0 Å². The van der Waals surface area contributed by atoms with Crippen molar-refractivity contribution < 1.29 is 14.3 Å². The highest BCUT2D eigenvalue weighted by molar-refractivity contribution is 5.80. The van der Waals surface area contributed by atoms with Gasteiger partial charge in [0, 0.05) is 6.54 Å². The second-order valence-electron chi connectivity index (χ2n) is 5.88. The summed E-state index contributed by atoms with van der Waals surface area (Å²) in [6.07, 6.45) is 0. The highest BCUT2D eigenvalue weighted by Gasteiger charge is 2.27. The minimum atomic E-state index is -0.684. The van der Waals surface area contributed by atoms with Gasteiger partial charge in [0.25, 0.3) is 0 Å². The van der Waals surface area contributed by atoms with E-state index in [0.29, 0.717) is 6.54 Å². The summed E-state index contributed by atoms with van der Waals surface area (Å²) < 4.78 is 5.21. The summed E-state index contributed by atoms with van der Waals surface area (Å²) in [5, 5.41) is 2.95. The zero-order valence-electron chi connectivity index (χ0n) is 11.6. The Morgan fingerprint density at radius 3 is 2.06 bits per heavy atom. The zero-order valence-corrected chi connectivity index (χ0v) is 11.6. The first kappa shape index (κ1) is 15.9. The molecule has 3 N–H and O–H groups in total. The monoisotopic (exact) mass is 244 g/mol. The van der Waals surface area contributed by atoms with Crippen molar-refractivity contribution in [1.29, 1.82) is 0 Å². The third-order valence-corrected chi connectivity index (χ3v) is 2.28. The van der Waals surface area contributed by atoms with E-state index in [0.717, 1.165) is 0 Å². The summed E-state index contributed by atoms with van der Waals surface area (Å²) in [5.41, 5.74) is 4.05. The number of ether oxygens (including phenoxy) is 1. The lowest BCUT2D eigenvalue weighted by molar-refractivity contribution is -0.157. The number of hydrogen-bond acceptors (Lipinski definition) is 4. The Labute approximate surface area is 103 Å². The number of nitrogens with one attached hydrogen (secondary N) is 1. The number of primary amides is 1. The van der Waals surface area contributed by atoms with Crippen LogP contribution < -0.4 is 11.1 Å². The van der Waals surface area contributed by atoms with Gasteiger partial charge in [0.1, 0.15) is 11.6 Å². The third-order valence-electron chi connectivity index (χ3n) is 2.28. The van der Waals surface area contributed by atoms with Gasteiger partial charge < -0.3 is 15.8 Å². The van der Waals surface area contributed by atoms with Crippen LogP contribution in [0.15, 0.2) is 0 Å². The molecule has 0 fully saturated rings. The molecule has 17 heavy (non-hydrogen) atoms. The van der Waals surface area contributed by atoms with Crippen LogP contribution in [-0.2, 0) is 14.3 Å². The van der Waals surface area contributed by atoms with Gasteiger partial charge in [-0.25, -0.2) is 0 Å². The Balaban J connectivity index is 4.24. The molecule has 0 radical (unpaired) electrons. The molecule has 0 rings (SSSR count). The number of esters is 1. The lowest BCUT2D eigenvalue weighted by Gasteiger charge is -2.26. The van der Waals surface area contributed by atoms with E-state index in [1.165, 1.54) is 0 Å². The van der Waals surface area contributed by atoms with Crippen molar-refractivity contribution >= 4 is 11.9 Å². The van der Waals surface area contributed by atoms with Crippen LogP contribution >= 0.6 is 0 Å². The molecule has 1 unspecified atom stereocenters. The van der Waals surface area contributed by atoms with Crippen LogP contribution in [0.25, 0.3) is 0 Å². The summed E-state index contributed by atoms with van der Waals surface area (Å²) in [4.78, 5) is 22.7. The second-order valence-corrected chi connectivity index (χ2v) is 5.88. The maximum absolute atomic E-state index is 11.6. The number of carbonyl (C=O) groups is 2. The standard InChI is InChI=1S/C12H24N2O3/c1-8(9(15)17-11(2,3)4)14-7-12(5,6)10(13)16/h8,14H,7H2,1-6H3,(H2,13,16). The van der Waals surface area contributed by atoms with Crippen molar-refractivity contribution in [1.82, 2.24) is 5.32 Å². The molecule has 0 aromatic carbocycles. The van der Waals surface area contributed by atoms with Gasteiger partial charge in [-0.05, 0) is 41.5 Å². The van der Waals surface area contributed by atoms with Crippen LogP contribution in [-0.4, -0.2) is 30.1 Å². The molecule has 0 aliphatic heterocycles. The van der Waals surface area contributed by atoms with Gasteiger partial charge in [-0.2, -0.15) is 0 Å². The summed E-state index contributed by atoms with van der Waals surface area (Å²) in [6, 6.07) is -0.465. The third kappa shape index (κ3) is 6.26. The lowest BCUT2D eigenvalue weighted by Crippen LogP contribution is -2.46. The molecule has 0 aromatic rings. The number of hydrogen-bond donors (Lipinski definition) is 2. The molecule has 1 atom stereocenters. The minimum absolute atomic E-state index is 0.335. The average Bonchev–Trinajstić information content (AvgIpc) is 2.11. The van der Waals surface area contributed by atoms with E-state index in [2.05, 4.69) is 5.32 Å². The van der Waals surface area contributed by atoms with Crippen LogP contribution in [0.3, 0.4) is 0 Å². The van der Waals surface area contributed by atoms with Crippen molar-refractivity contribution in [3.63, 3.8) is 0 Å². The smallest absolute Gasteiger partial charge is 0.323 e. The molecule has 0 bridgehead atoms. The fraction of sp³-hybridized carbons (Fsp3) is 0.833. The molecule has 0 spiro atoms. The van der Waals surface area contributed by atoms with Gasteiger partial charge in [-0.1, -0.05) is 0 Å². The zero-order chi connectivity index (χ0) is 13.9. The minimum Gasteiger partial charge on any atom is -0.459 e. The lowest BCUT2D eigenvalue weighted by atomic mass is 9.92. The number of amides is 1. The molecule has 0 saturated carbocycles. The normalized spacial score (nSPS) is 14.2. The largest absolute Gasteiger partial charge is 0.459 e. The second kappa shape index (κ2) is 5.49. The quantitative estimate of drug-likeness (QED) is 0.701. The Morgan fingerprint density at radius 2 is 1.71 bits per heavy atom. The Bertz CT molecular complexity index is 293. The van der Waals surface area contributed by atoms with E-state index in [-0.39, 0.29) is 5.97 Å². The fourth-order valence-electron chi connectivity index (χ4n) is 0.969. The summed E-state index contributed by atoms with van der Waals surface area (Å²) in [7, 11) is 0. The Hall–Kier alpha value is -1.10. The topological polar surface area (TPSA) is 81.4 Å². The van der Waals surface area contributed by atoms with E-state index in [1.54, 1.807) is 20.8 Å². The van der Waals surface area contributed by atoms with Gasteiger partial charge in [0.15, 0.2) is 0 Å². The summed E-state index contributed by atoms with van der Waals surface area (Å²) in [5.74, 6) is -0.737. The predicted octanol–water partition coefficient (Wildman–Crippen LogP) is 0.818. The Morgan fingerprint density at radius 1 is 1.24 bits per heavy atom. The van der Waals surface area contributed by atoms with Gasteiger partial charge >= 0.3 is 5.97 Å². The molecule has 1 amide bonds. The van der Waals surface area contributed by atoms with Crippen LogP contribution in [0.1, 0.15) is 41.5 Å². The molecule has 5 nitrogen and oxygen atoms in total. The molecule has 100 valence electrons. The van der Waals surface area contributed by atoms with Crippen LogP contribution in [0, 0.1) is 5.41 Å². The maximum Gasteiger partial charge on any atom is 0.323 e. The van der Waals surface area contributed by atoms with Gasteiger partial charge in [0.05, 0.1) is 5.41 Å². The molecule has 0 saturated heterocycles. The first-order valence-corrected chi connectivity index (χ1v) is 5.72. The summed E-state index contributed by atoms with van der Waals surface area (Å²) in [6.45, 7) is 10.9. The van der Waals surface area contributed by atoms with Crippen molar-refractivity contribution in [3.8, 4) is 0 Å². The highest BCUT2D eigenvalue weighted by Crippen LogP contribution is 2.13. The molecule has 0 heterocycles. The molecular weight excluding hydrogens is 220 g/mol. The molecule has 5 heteroatoms. The SMILES string of the molecule is CC(NCC(C)(C)C(N)=O)C(=O)OC(C)(C)C. The average molecular weight is 244 g/mol.